The molecule has 0 saturated heterocycles. The molecule has 0 spiro atoms. The summed E-state index contributed by atoms with van der Waals surface area (Å²) in [6, 6.07) is 8.00. The van der Waals surface area contributed by atoms with Crippen LogP contribution in [0.25, 0.3) is 11.3 Å². The molecule has 0 fully saturated rings. The Labute approximate surface area is 162 Å². The number of hydrogen-bond acceptors (Lipinski definition) is 6. The Kier molecular flexibility index (Phi) is 5.28. The largest absolute Gasteiger partial charge is 0.457 e. The molecular weight excluding hydrogens is 442 g/mol. The maximum atomic E-state index is 12.1. The van der Waals surface area contributed by atoms with Crippen molar-refractivity contribution in [2.24, 2.45) is 0 Å². The summed E-state index contributed by atoms with van der Waals surface area (Å²) in [5.41, 5.74) is 1.78. The maximum absolute atomic E-state index is 12.1. The lowest BCUT2D eigenvalue weighted by Crippen LogP contribution is -2.22. The second kappa shape index (κ2) is 7.31. The lowest BCUT2D eigenvalue weighted by atomic mass is 10.2. The number of benzene rings is 1. The number of rotatable bonds is 5. The van der Waals surface area contributed by atoms with E-state index in [0.29, 0.717) is 21.1 Å². The summed E-state index contributed by atoms with van der Waals surface area (Å²) in [4.78, 5) is 16.7. The Bertz CT molecular complexity index is 1040. The van der Waals surface area contributed by atoms with Gasteiger partial charge in [0.1, 0.15) is 6.26 Å². The molecular formula is C16H14BrN3O4S2. The van der Waals surface area contributed by atoms with E-state index in [-0.39, 0.29) is 10.8 Å². The summed E-state index contributed by atoms with van der Waals surface area (Å²) in [5.74, 6) is -0.326. The van der Waals surface area contributed by atoms with Gasteiger partial charge in [-0.05, 0) is 28.1 Å². The fourth-order valence-corrected chi connectivity index (χ4v) is 4.03. The van der Waals surface area contributed by atoms with Crippen LogP contribution in [-0.2, 0) is 10.0 Å². The number of aromatic nitrogens is 1. The van der Waals surface area contributed by atoms with Crippen molar-refractivity contribution in [1.82, 2.24) is 9.29 Å². The summed E-state index contributed by atoms with van der Waals surface area (Å²) in [6.45, 7) is 0. The molecule has 136 valence electrons. The van der Waals surface area contributed by atoms with Gasteiger partial charge in [0.15, 0.2) is 9.80 Å². The standard InChI is InChI=1S/C16H14BrN3O4S2/c1-20(2)26(22,23)12-5-3-10(4-6-12)13-9-25-16(18-13)19-15(21)11-7-14(17)24-8-11/h3-9H,1-2H3,(H,18,19,21). The van der Waals surface area contributed by atoms with Crippen molar-refractivity contribution in [3.8, 4) is 11.3 Å². The average Bonchev–Trinajstić information content (AvgIpc) is 3.24. The third-order valence-corrected chi connectivity index (χ3v) is 6.49. The smallest absolute Gasteiger partial charge is 0.260 e. The number of nitrogens with zero attached hydrogens (tertiary/aromatic N) is 2. The second-order valence-corrected chi connectivity index (χ2v) is 9.23. The van der Waals surface area contributed by atoms with Gasteiger partial charge >= 0.3 is 0 Å². The molecule has 0 unspecified atom stereocenters. The molecule has 0 aliphatic rings. The van der Waals surface area contributed by atoms with Crippen LogP contribution in [0.3, 0.4) is 0 Å². The van der Waals surface area contributed by atoms with Crippen molar-refractivity contribution >= 4 is 48.3 Å². The fourth-order valence-electron chi connectivity index (χ4n) is 2.07. The zero-order valence-corrected chi connectivity index (χ0v) is 17.0. The molecule has 2 aromatic heterocycles. The molecule has 2 heterocycles. The highest BCUT2D eigenvalue weighted by molar-refractivity contribution is 9.10. The maximum Gasteiger partial charge on any atom is 0.260 e. The minimum absolute atomic E-state index is 0.209. The van der Waals surface area contributed by atoms with Crippen molar-refractivity contribution in [2.75, 3.05) is 19.4 Å². The normalized spacial score (nSPS) is 11.7. The predicted molar refractivity (Wildman–Crippen MR) is 103 cm³/mol. The molecule has 0 aliphatic carbocycles. The van der Waals surface area contributed by atoms with Gasteiger partial charge in [-0.25, -0.2) is 17.7 Å². The summed E-state index contributed by atoms with van der Waals surface area (Å²) in [5, 5.41) is 4.92. The Morgan fingerprint density at radius 1 is 1.27 bits per heavy atom. The number of carbonyl (C=O) groups excluding carboxylic acids is 1. The van der Waals surface area contributed by atoms with Gasteiger partial charge in [-0.1, -0.05) is 12.1 Å². The van der Waals surface area contributed by atoms with E-state index in [0.717, 1.165) is 9.87 Å². The van der Waals surface area contributed by atoms with E-state index in [9.17, 15) is 13.2 Å². The zero-order chi connectivity index (χ0) is 18.9. The molecule has 7 nitrogen and oxygen atoms in total. The molecule has 0 bridgehead atoms. The van der Waals surface area contributed by atoms with Crippen LogP contribution in [0.5, 0.6) is 0 Å². The van der Waals surface area contributed by atoms with E-state index in [2.05, 4.69) is 26.2 Å². The minimum atomic E-state index is -3.47. The molecule has 0 saturated carbocycles. The highest BCUT2D eigenvalue weighted by atomic mass is 79.9. The number of nitrogens with one attached hydrogen (secondary N) is 1. The van der Waals surface area contributed by atoms with E-state index in [1.807, 2.05) is 0 Å². The molecule has 1 N–H and O–H groups in total. The van der Waals surface area contributed by atoms with Crippen LogP contribution in [-0.4, -0.2) is 37.7 Å². The fraction of sp³-hybridized carbons (Fsp3) is 0.125. The van der Waals surface area contributed by atoms with Crippen LogP contribution in [0, 0.1) is 0 Å². The molecule has 3 aromatic rings. The molecule has 0 radical (unpaired) electrons. The third kappa shape index (κ3) is 3.88. The number of thiazole rings is 1. The molecule has 0 atom stereocenters. The monoisotopic (exact) mass is 455 g/mol. The van der Waals surface area contributed by atoms with Crippen LogP contribution in [0.2, 0.25) is 0 Å². The number of halogens is 1. The van der Waals surface area contributed by atoms with Crippen molar-refractivity contribution in [2.45, 2.75) is 4.90 Å². The number of carbonyl (C=O) groups is 1. The molecule has 1 amide bonds. The summed E-state index contributed by atoms with van der Waals surface area (Å²) >= 11 is 4.42. The Morgan fingerprint density at radius 3 is 2.54 bits per heavy atom. The molecule has 10 heteroatoms. The number of hydrogen-bond donors (Lipinski definition) is 1. The van der Waals surface area contributed by atoms with Gasteiger partial charge in [-0.2, -0.15) is 0 Å². The van der Waals surface area contributed by atoms with Crippen molar-refractivity contribution < 1.29 is 17.6 Å². The van der Waals surface area contributed by atoms with E-state index < -0.39 is 10.0 Å². The topological polar surface area (TPSA) is 92.5 Å². The average molecular weight is 456 g/mol. The first-order valence-electron chi connectivity index (χ1n) is 7.31. The number of anilines is 1. The predicted octanol–water partition coefficient (Wildman–Crippen LogP) is 3.67. The third-order valence-electron chi connectivity index (χ3n) is 3.48. The Balaban J connectivity index is 1.76. The lowest BCUT2D eigenvalue weighted by molar-refractivity contribution is 0.102. The van der Waals surface area contributed by atoms with Crippen molar-refractivity contribution in [3.63, 3.8) is 0 Å². The second-order valence-electron chi connectivity index (χ2n) is 5.44. The highest BCUT2D eigenvalue weighted by Crippen LogP contribution is 2.27. The first-order valence-corrected chi connectivity index (χ1v) is 10.4. The van der Waals surface area contributed by atoms with Crippen LogP contribution in [0.15, 0.2) is 56.0 Å². The number of furan rings is 1. The Morgan fingerprint density at radius 2 is 1.96 bits per heavy atom. The van der Waals surface area contributed by atoms with Crippen molar-refractivity contribution in [3.05, 3.63) is 52.2 Å². The van der Waals surface area contributed by atoms with Gasteiger partial charge in [0.05, 0.1) is 16.2 Å². The van der Waals surface area contributed by atoms with Gasteiger partial charge in [0.2, 0.25) is 10.0 Å². The minimum Gasteiger partial charge on any atom is -0.457 e. The number of sulfonamides is 1. The van der Waals surface area contributed by atoms with Crippen LogP contribution in [0.4, 0.5) is 5.13 Å². The molecule has 26 heavy (non-hydrogen) atoms. The first-order chi connectivity index (χ1) is 12.3. The molecule has 1 aromatic carbocycles. The quantitative estimate of drug-likeness (QED) is 0.633. The summed E-state index contributed by atoms with van der Waals surface area (Å²) < 4.78 is 30.9. The van der Waals surface area contributed by atoms with E-state index in [1.165, 1.54) is 43.8 Å². The van der Waals surface area contributed by atoms with Crippen LogP contribution >= 0.6 is 27.3 Å². The van der Waals surface area contributed by atoms with Crippen LogP contribution < -0.4 is 5.32 Å². The van der Waals surface area contributed by atoms with Crippen molar-refractivity contribution in [1.29, 1.82) is 0 Å². The summed E-state index contributed by atoms with van der Waals surface area (Å²) in [6.07, 6.45) is 1.35. The van der Waals surface area contributed by atoms with Gasteiger partial charge in [-0.3, -0.25) is 10.1 Å². The first kappa shape index (κ1) is 18.8. The van der Waals surface area contributed by atoms with E-state index in [1.54, 1.807) is 23.6 Å². The zero-order valence-electron chi connectivity index (χ0n) is 13.8. The molecule has 0 aliphatic heterocycles. The summed E-state index contributed by atoms with van der Waals surface area (Å²) in [7, 11) is -0.503. The van der Waals surface area contributed by atoms with Gasteiger partial charge in [0.25, 0.3) is 5.91 Å². The highest BCUT2D eigenvalue weighted by Gasteiger charge is 2.17. The lowest BCUT2D eigenvalue weighted by Gasteiger charge is -2.11. The van der Waals surface area contributed by atoms with Crippen LogP contribution in [0.1, 0.15) is 10.4 Å². The molecule has 3 rings (SSSR count). The van der Waals surface area contributed by atoms with Gasteiger partial charge in [-0.15, -0.1) is 11.3 Å². The number of amides is 1. The van der Waals surface area contributed by atoms with Gasteiger partial charge in [0, 0.05) is 31.1 Å². The van der Waals surface area contributed by atoms with E-state index in [4.69, 9.17) is 4.42 Å². The Hall–Kier alpha value is -2.01. The van der Waals surface area contributed by atoms with E-state index >= 15 is 0 Å². The SMILES string of the molecule is CN(C)S(=O)(=O)c1ccc(-c2csc(NC(=O)c3coc(Br)c3)n2)cc1. The van der Waals surface area contributed by atoms with Gasteiger partial charge < -0.3 is 4.42 Å².